The standard InChI is InChI=1S/C17H26N2O/c1-2-17(20)19-16-12-8-11-15(13-16)18-14-9-6-4-3-5-7-10-14/h8,11-14,18H,2-7,9-10H2,1H3,(H,19,20). The summed E-state index contributed by atoms with van der Waals surface area (Å²) in [5.41, 5.74) is 2.00. The Hall–Kier alpha value is -1.51. The topological polar surface area (TPSA) is 41.1 Å². The molecule has 0 aliphatic heterocycles. The highest BCUT2D eigenvalue weighted by atomic mass is 16.1. The molecule has 1 fully saturated rings. The van der Waals surface area contributed by atoms with Gasteiger partial charge in [0, 0.05) is 23.8 Å². The number of carbonyl (C=O) groups is 1. The van der Waals surface area contributed by atoms with Gasteiger partial charge in [-0.1, -0.05) is 45.1 Å². The number of nitrogens with one attached hydrogen (secondary N) is 2. The monoisotopic (exact) mass is 274 g/mol. The van der Waals surface area contributed by atoms with Crippen LogP contribution in [0.1, 0.15) is 58.3 Å². The Bertz CT molecular complexity index is 423. The van der Waals surface area contributed by atoms with Crippen molar-refractivity contribution in [1.29, 1.82) is 0 Å². The summed E-state index contributed by atoms with van der Waals surface area (Å²) in [5, 5.41) is 6.54. The first kappa shape index (κ1) is 14.9. The van der Waals surface area contributed by atoms with Gasteiger partial charge in [0.1, 0.15) is 0 Å². The van der Waals surface area contributed by atoms with Gasteiger partial charge in [-0.2, -0.15) is 0 Å². The number of hydrogen-bond acceptors (Lipinski definition) is 2. The van der Waals surface area contributed by atoms with Crippen molar-refractivity contribution in [3.8, 4) is 0 Å². The molecule has 2 rings (SSSR count). The molecule has 0 aromatic heterocycles. The van der Waals surface area contributed by atoms with Crippen LogP contribution in [0.3, 0.4) is 0 Å². The summed E-state index contributed by atoms with van der Waals surface area (Å²) in [7, 11) is 0. The van der Waals surface area contributed by atoms with Gasteiger partial charge in [0.15, 0.2) is 0 Å². The van der Waals surface area contributed by atoms with Crippen LogP contribution in [0.2, 0.25) is 0 Å². The van der Waals surface area contributed by atoms with E-state index >= 15 is 0 Å². The minimum absolute atomic E-state index is 0.0631. The quantitative estimate of drug-likeness (QED) is 0.845. The predicted octanol–water partition coefficient (Wildman–Crippen LogP) is 4.56. The van der Waals surface area contributed by atoms with E-state index in [-0.39, 0.29) is 5.91 Å². The first-order chi connectivity index (χ1) is 9.78. The van der Waals surface area contributed by atoms with Crippen molar-refractivity contribution in [1.82, 2.24) is 0 Å². The number of amides is 1. The maximum atomic E-state index is 11.4. The molecular weight excluding hydrogens is 248 g/mol. The minimum Gasteiger partial charge on any atom is -0.382 e. The first-order valence-electron chi connectivity index (χ1n) is 7.94. The molecule has 3 heteroatoms. The van der Waals surface area contributed by atoms with Gasteiger partial charge < -0.3 is 10.6 Å². The van der Waals surface area contributed by atoms with Gasteiger partial charge in [0.05, 0.1) is 0 Å². The van der Waals surface area contributed by atoms with Crippen molar-refractivity contribution in [2.24, 2.45) is 0 Å². The Morgan fingerprint density at radius 2 is 1.75 bits per heavy atom. The second-order valence-electron chi connectivity index (χ2n) is 5.67. The largest absolute Gasteiger partial charge is 0.382 e. The minimum atomic E-state index is 0.0631. The summed E-state index contributed by atoms with van der Waals surface area (Å²) in [4.78, 5) is 11.4. The van der Waals surface area contributed by atoms with Gasteiger partial charge in [0.2, 0.25) is 5.91 Å². The lowest BCUT2D eigenvalue weighted by atomic mass is 9.96. The normalized spacial score (nSPS) is 17.1. The lowest BCUT2D eigenvalue weighted by molar-refractivity contribution is -0.115. The molecule has 1 amide bonds. The Labute approximate surface area is 122 Å². The Kier molecular flexibility index (Phi) is 5.90. The van der Waals surface area contributed by atoms with Crippen LogP contribution in [0.15, 0.2) is 24.3 Å². The van der Waals surface area contributed by atoms with Gasteiger partial charge in [0.25, 0.3) is 0 Å². The van der Waals surface area contributed by atoms with Gasteiger partial charge in [-0.3, -0.25) is 4.79 Å². The maximum absolute atomic E-state index is 11.4. The zero-order valence-corrected chi connectivity index (χ0v) is 12.5. The lowest BCUT2D eigenvalue weighted by Gasteiger charge is -2.22. The molecule has 110 valence electrons. The molecule has 0 radical (unpaired) electrons. The maximum Gasteiger partial charge on any atom is 0.224 e. The van der Waals surface area contributed by atoms with Crippen LogP contribution in [0.5, 0.6) is 0 Å². The fourth-order valence-corrected chi connectivity index (χ4v) is 2.77. The van der Waals surface area contributed by atoms with Crippen molar-refractivity contribution < 1.29 is 4.79 Å². The highest BCUT2D eigenvalue weighted by molar-refractivity contribution is 5.90. The van der Waals surface area contributed by atoms with Gasteiger partial charge >= 0.3 is 0 Å². The third-order valence-electron chi connectivity index (χ3n) is 3.94. The van der Waals surface area contributed by atoms with Crippen molar-refractivity contribution in [2.75, 3.05) is 10.6 Å². The molecule has 0 atom stereocenters. The molecule has 1 aromatic carbocycles. The average molecular weight is 274 g/mol. The summed E-state index contributed by atoms with van der Waals surface area (Å²) in [6, 6.07) is 8.63. The molecule has 0 heterocycles. The first-order valence-corrected chi connectivity index (χ1v) is 7.94. The molecule has 1 saturated carbocycles. The number of rotatable bonds is 4. The molecule has 1 aliphatic carbocycles. The number of benzene rings is 1. The predicted molar refractivity (Wildman–Crippen MR) is 85.1 cm³/mol. The van der Waals surface area contributed by atoms with Gasteiger partial charge in [-0.25, -0.2) is 0 Å². The molecule has 20 heavy (non-hydrogen) atoms. The van der Waals surface area contributed by atoms with Crippen LogP contribution in [0.4, 0.5) is 11.4 Å². The molecule has 0 unspecified atom stereocenters. The smallest absolute Gasteiger partial charge is 0.224 e. The SMILES string of the molecule is CCC(=O)Nc1cccc(NC2CCCCCCC2)c1. The fraction of sp³-hybridized carbons (Fsp3) is 0.588. The fourth-order valence-electron chi connectivity index (χ4n) is 2.77. The number of carbonyl (C=O) groups excluding carboxylic acids is 1. The van der Waals surface area contributed by atoms with E-state index in [1.165, 1.54) is 44.9 Å². The van der Waals surface area contributed by atoms with Crippen molar-refractivity contribution in [2.45, 2.75) is 64.3 Å². The highest BCUT2D eigenvalue weighted by Gasteiger charge is 2.11. The van der Waals surface area contributed by atoms with E-state index in [1.54, 1.807) is 0 Å². The third kappa shape index (κ3) is 4.87. The average Bonchev–Trinajstić information content (AvgIpc) is 2.42. The zero-order chi connectivity index (χ0) is 14.2. The van der Waals surface area contributed by atoms with E-state index in [0.29, 0.717) is 12.5 Å². The van der Waals surface area contributed by atoms with Gasteiger partial charge in [-0.05, 0) is 31.0 Å². The van der Waals surface area contributed by atoms with E-state index in [9.17, 15) is 4.79 Å². The summed E-state index contributed by atoms with van der Waals surface area (Å²) >= 11 is 0. The molecule has 3 nitrogen and oxygen atoms in total. The van der Waals surface area contributed by atoms with Crippen molar-refractivity contribution in [3.05, 3.63) is 24.3 Å². The van der Waals surface area contributed by atoms with E-state index in [0.717, 1.165) is 11.4 Å². The van der Waals surface area contributed by atoms with E-state index in [1.807, 2.05) is 25.1 Å². The number of hydrogen-bond donors (Lipinski definition) is 2. The molecule has 0 saturated heterocycles. The molecule has 0 bridgehead atoms. The third-order valence-corrected chi connectivity index (χ3v) is 3.94. The van der Waals surface area contributed by atoms with Crippen LogP contribution >= 0.6 is 0 Å². The molecular formula is C17H26N2O. The van der Waals surface area contributed by atoms with Crippen LogP contribution < -0.4 is 10.6 Å². The van der Waals surface area contributed by atoms with Crippen LogP contribution in [0, 0.1) is 0 Å². The van der Waals surface area contributed by atoms with Crippen molar-refractivity contribution in [3.63, 3.8) is 0 Å². The molecule has 1 aliphatic rings. The van der Waals surface area contributed by atoms with Crippen molar-refractivity contribution >= 4 is 17.3 Å². The second kappa shape index (κ2) is 7.93. The van der Waals surface area contributed by atoms with E-state index < -0.39 is 0 Å². The van der Waals surface area contributed by atoms with E-state index in [4.69, 9.17) is 0 Å². The van der Waals surface area contributed by atoms with Crippen LogP contribution in [0.25, 0.3) is 0 Å². The molecule has 2 N–H and O–H groups in total. The van der Waals surface area contributed by atoms with Crippen LogP contribution in [-0.4, -0.2) is 11.9 Å². The highest BCUT2D eigenvalue weighted by Crippen LogP contribution is 2.22. The Morgan fingerprint density at radius 1 is 1.10 bits per heavy atom. The zero-order valence-electron chi connectivity index (χ0n) is 12.5. The van der Waals surface area contributed by atoms with Crippen LogP contribution in [-0.2, 0) is 4.79 Å². The summed E-state index contributed by atoms with van der Waals surface area (Å²) in [5.74, 6) is 0.0631. The van der Waals surface area contributed by atoms with Gasteiger partial charge in [-0.15, -0.1) is 0 Å². The van der Waals surface area contributed by atoms with E-state index in [2.05, 4.69) is 16.7 Å². The molecule has 0 spiro atoms. The number of anilines is 2. The summed E-state index contributed by atoms with van der Waals surface area (Å²) < 4.78 is 0. The summed E-state index contributed by atoms with van der Waals surface area (Å²) in [6.45, 7) is 1.87. The Balaban J connectivity index is 1.94. The lowest BCUT2D eigenvalue weighted by Crippen LogP contribution is -2.20. The summed E-state index contributed by atoms with van der Waals surface area (Å²) in [6.07, 6.45) is 9.80. The second-order valence-corrected chi connectivity index (χ2v) is 5.67. The Morgan fingerprint density at radius 3 is 2.45 bits per heavy atom. The molecule has 1 aromatic rings.